The molecular formula is C37H63NO13. The second-order valence-electron chi connectivity index (χ2n) is 14.8. The number of ether oxygens (including phenoxy) is 7. The molecule has 16 atom stereocenters. The van der Waals surface area contributed by atoms with Crippen LogP contribution < -0.4 is 0 Å². The number of methoxy groups -OCH3 is 1. The number of cyclic esters (lactones) is 1. The first-order valence-corrected chi connectivity index (χ1v) is 18.2. The first-order chi connectivity index (χ1) is 24.0. The molecule has 3 aliphatic heterocycles. The van der Waals surface area contributed by atoms with Crippen molar-refractivity contribution < 1.29 is 63.2 Å². The molecule has 2 fully saturated rings. The van der Waals surface area contributed by atoms with Crippen molar-refractivity contribution in [1.82, 2.24) is 4.90 Å². The van der Waals surface area contributed by atoms with E-state index < -0.39 is 104 Å². The third-order valence-corrected chi connectivity index (χ3v) is 10.1. The van der Waals surface area contributed by atoms with Gasteiger partial charge in [-0.3, -0.25) is 4.79 Å². The van der Waals surface area contributed by atoms with Gasteiger partial charge in [0.25, 0.3) is 0 Å². The van der Waals surface area contributed by atoms with Gasteiger partial charge in [-0.05, 0) is 67.0 Å². The Labute approximate surface area is 303 Å². The topological polar surface area (TPSA) is 183 Å². The summed E-state index contributed by atoms with van der Waals surface area (Å²) < 4.78 is 42.5. The second kappa shape index (κ2) is 20.0. The molecular weight excluding hydrogens is 666 g/mol. The number of rotatable bonds is 10. The Morgan fingerprint density at radius 2 is 1.73 bits per heavy atom. The maximum atomic E-state index is 12.9. The van der Waals surface area contributed by atoms with E-state index in [1.165, 1.54) is 7.11 Å². The number of aliphatic hydroxyl groups is 4. The highest BCUT2D eigenvalue weighted by Crippen LogP contribution is 2.37. The molecule has 0 aromatic rings. The van der Waals surface area contributed by atoms with Gasteiger partial charge in [0, 0.05) is 33.0 Å². The average Bonchev–Trinajstić information content (AvgIpc) is 3.03. The Morgan fingerprint density at radius 1 is 1.02 bits per heavy atom. The minimum absolute atomic E-state index is 0.0273. The van der Waals surface area contributed by atoms with E-state index >= 15 is 0 Å². The van der Waals surface area contributed by atoms with Crippen LogP contribution >= 0.6 is 0 Å². The zero-order valence-electron chi connectivity index (χ0n) is 31.7. The Morgan fingerprint density at radius 3 is 2.33 bits per heavy atom. The lowest BCUT2D eigenvalue weighted by molar-refractivity contribution is -0.345. The van der Waals surface area contributed by atoms with E-state index in [0.717, 1.165) is 6.29 Å². The summed E-state index contributed by atoms with van der Waals surface area (Å²) in [5.41, 5.74) is -1.23. The molecule has 51 heavy (non-hydrogen) atoms. The Kier molecular flexibility index (Phi) is 17.1. The highest BCUT2D eigenvalue weighted by molar-refractivity contribution is 5.70. The fourth-order valence-corrected chi connectivity index (χ4v) is 7.52. The van der Waals surface area contributed by atoms with E-state index in [1.807, 2.05) is 26.8 Å². The summed E-state index contributed by atoms with van der Waals surface area (Å²) in [7, 11) is 4.93. The lowest BCUT2D eigenvalue weighted by Gasteiger charge is -2.50. The van der Waals surface area contributed by atoms with Gasteiger partial charge in [-0.2, -0.15) is 0 Å². The van der Waals surface area contributed by atoms with Gasteiger partial charge in [-0.25, -0.2) is 0 Å². The summed E-state index contributed by atoms with van der Waals surface area (Å²) in [5.74, 6) is -1.62. The van der Waals surface area contributed by atoms with Crippen LogP contribution in [0.25, 0.3) is 0 Å². The van der Waals surface area contributed by atoms with Crippen molar-refractivity contribution >= 4 is 12.3 Å². The normalized spacial score (nSPS) is 44.8. The van der Waals surface area contributed by atoms with E-state index in [2.05, 4.69) is 0 Å². The third-order valence-electron chi connectivity index (χ3n) is 10.1. The molecule has 0 unspecified atom stereocenters. The van der Waals surface area contributed by atoms with Crippen LogP contribution in [0.2, 0.25) is 0 Å². The summed E-state index contributed by atoms with van der Waals surface area (Å²) in [5, 5.41) is 45.4. The van der Waals surface area contributed by atoms with E-state index in [1.54, 1.807) is 58.0 Å². The Balaban J connectivity index is 1.93. The van der Waals surface area contributed by atoms with Crippen molar-refractivity contribution in [2.75, 3.05) is 27.8 Å². The van der Waals surface area contributed by atoms with Crippen LogP contribution in [0, 0.1) is 11.8 Å². The molecule has 294 valence electrons. The van der Waals surface area contributed by atoms with Crippen LogP contribution in [-0.4, -0.2) is 151 Å². The zero-order valence-corrected chi connectivity index (χ0v) is 31.7. The van der Waals surface area contributed by atoms with Gasteiger partial charge in [0.15, 0.2) is 12.6 Å². The van der Waals surface area contributed by atoms with Crippen LogP contribution in [0.15, 0.2) is 24.3 Å². The Bertz CT molecular complexity index is 1130. The lowest BCUT2D eigenvalue weighted by atomic mass is 9.82. The van der Waals surface area contributed by atoms with Crippen LogP contribution in [0.4, 0.5) is 0 Å². The predicted octanol–water partition coefficient (Wildman–Crippen LogP) is 1.89. The molecule has 0 radical (unpaired) electrons. The molecule has 3 rings (SSSR count). The first-order valence-electron chi connectivity index (χ1n) is 18.2. The van der Waals surface area contributed by atoms with Crippen molar-refractivity contribution in [3.05, 3.63) is 24.3 Å². The average molecular weight is 730 g/mol. The number of aliphatic hydroxyl groups excluding tert-OH is 3. The molecule has 0 aromatic heterocycles. The van der Waals surface area contributed by atoms with E-state index in [0.29, 0.717) is 13.0 Å². The minimum atomic E-state index is -1.41. The maximum absolute atomic E-state index is 12.9. The van der Waals surface area contributed by atoms with Gasteiger partial charge in [0.05, 0.1) is 48.6 Å². The largest absolute Gasteiger partial charge is 0.462 e. The van der Waals surface area contributed by atoms with Crippen LogP contribution in [-0.2, 0) is 42.7 Å². The SMILES string of the molecule is CCO[C@@H]1[C@@H](C)O[C@@H](O[C@H]2[C@H](N(C)C)[C@@H](O)[C@H](O[C@H]3[C@@H](CC=O)C[C@@H](C)[C@@H](O)/C=C/C=C/C[C@@H](C)OC(=O)C[C@@H](O)[C@@H]3OC)O[C@@H]2C)C[C@@]1(C)O. The van der Waals surface area contributed by atoms with Crippen LogP contribution in [0.3, 0.4) is 0 Å². The van der Waals surface area contributed by atoms with Crippen molar-refractivity contribution in [2.24, 2.45) is 11.8 Å². The number of aldehydes is 1. The van der Waals surface area contributed by atoms with Gasteiger partial charge < -0.3 is 63.3 Å². The molecule has 2 saturated heterocycles. The Hall–Kier alpha value is -1.82. The van der Waals surface area contributed by atoms with Crippen molar-refractivity contribution in [3.8, 4) is 0 Å². The third kappa shape index (κ3) is 11.8. The fourth-order valence-electron chi connectivity index (χ4n) is 7.52. The molecule has 3 heterocycles. The number of carbonyl (C=O) groups excluding carboxylic acids is 2. The molecule has 3 aliphatic rings. The monoisotopic (exact) mass is 729 g/mol. The number of carbonyl (C=O) groups is 2. The quantitative estimate of drug-likeness (QED) is 0.189. The number of hydrogen-bond donors (Lipinski definition) is 4. The standard InChI is InChI=1S/C37H63NO13/c1-10-46-35-24(5)48-29(20-37(35,6)44)50-32-23(4)49-36(31(43)30(32)38(7)8)51-33-25(16-17-39)18-21(2)26(40)15-13-11-12-14-22(3)47-28(42)19-27(41)34(33)45-9/h11-13,15,17,21-27,29-36,40-41,43-44H,10,14,16,18-20H2,1-9H3/b12-11+,15-13+/t21-,22-,23-,24-,25+,26+,27-,29+,30-,31-,32-,33+,34+,35-,36+,37-/m1/s1. The van der Waals surface area contributed by atoms with E-state index in [-0.39, 0.29) is 25.2 Å². The molecule has 0 saturated carbocycles. The van der Waals surface area contributed by atoms with Crippen molar-refractivity contribution in [3.63, 3.8) is 0 Å². The highest BCUT2D eigenvalue weighted by Gasteiger charge is 2.52. The molecule has 0 spiro atoms. The van der Waals surface area contributed by atoms with Crippen LogP contribution in [0.5, 0.6) is 0 Å². The van der Waals surface area contributed by atoms with Gasteiger partial charge in [-0.15, -0.1) is 0 Å². The molecule has 14 nitrogen and oxygen atoms in total. The molecule has 14 heteroatoms. The van der Waals surface area contributed by atoms with Gasteiger partial charge in [0.2, 0.25) is 0 Å². The molecule has 0 aromatic carbocycles. The maximum Gasteiger partial charge on any atom is 0.308 e. The molecule has 0 bridgehead atoms. The summed E-state index contributed by atoms with van der Waals surface area (Å²) in [6.07, 6.45) is -2.73. The second-order valence-corrected chi connectivity index (χ2v) is 14.8. The number of hydrogen-bond acceptors (Lipinski definition) is 14. The van der Waals surface area contributed by atoms with Gasteiger partial charge >= 0.3 is 5.97 Å². The first kappa shape index (κ1) is 43.6. The molecule has 4 N–H and O–H groups in total. The van der Waals surface area contributed by atoms with E-state index in [9.17, 15) is 30.0 Å². The lowest BCUT2D eigenvalue weighted by Crippen LogP contribution is -2.65. The van der Waals surface area contributed by atoms with Gasteiger partial charge in [-0.1, -0.05) is 31.2 Å². The fraction of sp³-hybridized carbons (Fsp3) is 0.838. The van der Waals surface area contributed by atoms with Crippen molar-refractivity contribution in [2.45, 2.75) is 159 Å². The number of allylic oxidation sites excluding steroid dienone is 2. The van der Waals surface area contributed by atoms with Crippen molar-refractivity contribution in [1.29, 1.82) is 0 Å². The number of esters is 1. The summed E-state index contributed by atoms with van der Waals surface area (Å²) >= 11 is 0. The van der Waals surface area contributed by atoms with E-state index in [4.69, 9.17) is 33.2 Å². The predicted molar refractivity (Wildman–Crippen MR) is 186 cm³/mol. The summed E-state index contributed by atoms with van der Waals surface area (Å²) in [4.78, 5) is 26.7. The minimum Gasteiger partial charge on any atom is -0.462 e. The summed E-state index contributed by atoms with van der Waals surface area (Å²) in [6.45, 7) is 11.1. The number of likely N-dealkylation sites (N-methyl/N-ethyl adjacent to an activating group) is 1. The highest BCUT2D eigenvalue weighted by atomic mass is 16.7. The van der Waals surface area contributed by atoms with Gasteiger partial charge in [0.1, 0.15) is 36.8 Å². The number of nitrogens with zero attached hydrogens (tertiary/aromatic N) is 1. The summed E-state index contributed by atoms with van der Waals surface area (Å²) in [6, 6.07) is -0.691. The molecule has 0 amide bonds. The van der Waals surface area contributed by atoms with Crippen LogP contribution in [0.1, 0.15) is 73.6 Å². The molecule has 0 aliphatic carbocycles. The zero-order chi connectivity index (χ0) is 38.0. The smallest absolute Gasteiger partial charge is 0.308 e.